The van der Waals surface area contributed by atoms with Crippen molar-refractivity contribution in [3.63, 3.8) is 0 Å². The fourth-order valence-electron chi connectivity index (χ4n) is 2.24. The third-order valence-electron chi connectivity index (χ3n) is 3.33. The van der Waals surface area contributed by atoms with E-state index in [4.69, 9.17) is 23.2 Å². The molecule has 0 atom stereocenters. The molecule has 1 saturated carbocycles. The lowest BCUT2D eigenvalue weighted by Crippen LogP contribution is -2.25. The minimum atomic E-state index is 0.522. The molecule has 1 aromatic carbocycles. The predicted octanol–water partition coefficient (Wildman–Crippen LogP) is 4.98. The van der Waals surface area contributed by atoms with E-state index in [-0.39, 0.29) is 0 Å². The molecule has 0 saturated heterocycles. The van der Waals surface area contributed by atoms with Gasteiger partial charge in [0.1, 0.15) is 0 Å². The third kappa shape index (κ3) is 2.83. The van der Waals surface area contributed by atoms with Crippen LogP contribution in [0.5, 0.6) is 0 Å². The van der Waals surface area contributed by atoms with E-state index in [0.29, 0.717) is 16.1 Å². The Labute approximate surface area is 107 Å². The highest BCUT2D eigenvalue weighted by molar-refractivity contribution is 6.39. The van der Waals surface area contributed by atoms with Crippen LogP contribution >= 0.6 is 23.2 Å². The summed E-state index contributed by atoms with van der Waals surface area (Å²) < 4.78 is 0. The van der Waals surface area contributed by atoms with E-state index < -0.39 is 0 Å². The van der Waals surface area contributed by atoms with Crippen molar-refractivity contribution in [2.75, 3.05) is 5.32 Å². The van der Waals surface area contributed by atoms with Crippen LogP contribution in [0.3, 0.4) is 0 Å². The number of para-hydroxylation sites is 1. The first-order chi connectivity index (χ1) is 7.66. The summed E-state index contributed by atoms with van der Waals surface area (Å²) in [5, 5.41) is 4.90. The van der Waals surface area contributed by atoms with E-state index in [1.165, 1.54) is 25.7 Å². The van der Waals surface area contributed by atoms with Gasteiger partial charge in [-0.05, 0) is 43.7 Å². The molecule has 1 aliphatic carbocycles. The van der Waals surface area contributed by atoms with Gasteiger partial charge in [-0.2, -0.15) is 0 Å². The van der Waals surface area contributed by atoms with Crippen LogP contribution < -0.4 is 5.32 Å². The maximum absolute atomic E-state index is 6.13. The molecule has 1 nitrogen and oxygen atoms in total. The van der Waals surface area contributed by atoms with Gasteiger partial charge in [0.2, 0.25) is 0 Å². The number of benzene rings is 1. The Hall–Kier alpha value is -0.400. The van der Waals surface area contributed by atoms with Gasteiger partial charge in [-0.3, -0.25) is 0 Å². The highest BCUT2D eigenvalue weighted by atomic mass is 35.5. The summed E-state index contributed by atoms with van der Waals surface area (Å²) in [6.45, 7) is 2.32. The van der Waals surface area contributed by atoms with E-state index in [1.54, 1.807) is 0 Å². The Bertz CT molecular complexity index is 337. The average Bonchev–Trinajstić information content (AvgIpc) is 2.26. The summed E-state index contributed by atoms with van der Waals surface area (Å²) in [6, 6.07) is 6.15. The molecule has 1 N–H and O–H groups in total. The van der Waals surface area contributed by atoms with Crippen molar-refractivity contribution >= 4 is 28.9 Å². The van der Waals surface area contributed by atoms with E-state index in [1.807, 2.05) is 18.2 Å². The number of hydrogen-bond acceptors (Lipinski definition) is 1. The van der Waals surface area contributed by atoms with Crippen LogP contribution in [0.1, 0.15) is 32.6 Å². The lowest BCUT2D eigenvalue weighted by atomic mass is 9.87. The first-order valence-electron chi connectivity index (χ1n) is 5.87. The van der Waals surface area contributed by atoms with Crippen LogP contribution in [-0.4, -0.2) is 6.04 Å². The molecule has 0 radical (unpaired) electrons. The summed E-state index contributed by atoms with van der Waals surface area (Å²) in [7, 11) is 0. The second-order valence-electron chi connectivity index (χ2n) is 4.70. The molecule has 88 valence electrons. The SMILES string of the molecule is CC1CCC(Nc2c(Cl)cccc2Cl)CC1. The first kappa shape index (κ1) is 12.1. The molecule has 1 aliphatic rings. The van der Waals surface area contributed by atoms with Crippen LogP contribution in [0, 0.1) is 5.92 Å². The third-order valence-corrected chi connectivity index (χ3v) is 3.96. The number of halogens is 2. The quantitative estimate of drug-likeness (QED) is 0.788. The van der Waals surface area contributed by atoms with Crippen molar-refractivity contribution in [3.05, 3.63) is 28.2 Å². The molecule has 0 unspecified atom stereocenters. The van der Waals surface area contributed by atoms with Crippen LogP contribution in [0.25, 0.3) is 0 Å². The zero-order valence-electron chi connectivity index (χ0n) is 9.47. The summed E-state index contributed by atoms with van der Waals surface area (Å²) >= 11 is 12.3. The fourth-order valence-corrected chi connectivity index (χ4v) is 2.75. The van der Waals surface area contributed by atoms with Crippen molar-refractivity contribution in [3.8, 4) is 0 Å². The number of hydrogen-bond donors (Lipinski definition) is 1. The van der Waals surface area contributed by atoms with Crippen molar-refractivity contribution in [2.24, 2.45) is 5.92 Å². The number of rotatable bonds is 2. The topological polar surface area (TPSA) is 12.0 Å². The van der Waals surface area contributed by atoms with E-state index in [0.717, 1.165) is 11.6 Å². The monoisotopic (exact) mass is 257 g/mol. The van der Waals surface area contributed by atoms with Gasteiger partial charge in [0.05, 0.1) is 15.7 Å². The van der Waals surface area contributed by atoms with Crippen LogP contribution in [0.4, 0.5) is 5.69 Å². The molecule has 0 spiro atoms. The zero-order chi connectivity index (χ0) is 11.5. The molecule has 1 aromatic rings. The van der Waals surface area contributed by atoms with Crippen molar-refractivity contribution < 1.29 is 0 Å². The van der Waals surface area contributed by atoms with Crippen molar-refractivity contribution in [1.29, 1.82) is 0 Å². The van der Waals surface area contributed by atoms with Gasteiger partial charge in [-0.15, -0.1) is 0 Å². The Morgan fingerprint density at radius 3 is 2.19 bits per heavy atom. The molecular formula is C13H17Cl2N. The van der Waals surface area contributed by atoms with Gasteiger partial charge in [0.25, 0.3) is 0 Å². The van der Waals surface area contributed by atoms with E-state index in [9.17, 15) is 0 Å². The average molecular weight is 258 g/mol. The molecule has 0 amide bonds. The lowest BCUT2D eigenvalue weighted by molar-refractivity contribution is 0.361. The normalized spacial score (nSPS) is 25.4. The molecule has 0 aliphatic heterocycles. The maximum atomic E-state index is 6.13. The first-order valence-corrected chi connectivity index (χ1v) is 6.63. The number of nitrogens with one attached hydrogen (secondary N) is 1. The van der Waals surface area contributed by atoms with E-state index >= 15 is 0 Å². The fraction of sp³-hybridized carbons (Fsp3) is 0.538. The molecule has 0 aromatic heterocycles. The highest BCUT2D eigenvalue weighted by Crippen LogP contribution is 2.33. The van der Waals surface area contributed by atoms with Crippen molar-refractivity contribution in [2.45, 2.75) is 38.6 Å². The maximum Gasteiger partial charge on any atom is 0.0721 e. The smallest absolute Gasteiger partial charge is 0.0721 e. The largest absolute Gasteiger partial charge is 0.380 e. The standard InChI is InChI=1S/C13H17Cl2N/c1-9-5-7-10(8-6-9)16-13-11(14)3-2-4-12(13)15/h2-4,9-10,16H,5-8H2,1H3. The molecule has 1 fully saturated rings. The summed E-state index contributed by atoms with van der Waals surface area (Å²) in [6.07, 6.45) is 5.00. The van der Waals surface area contributed by atoms with Gasteiger partial charge in [0.15, 0.2) is 0 Å². The van der Waals surface area contributed by atoms with Crippen molar-refractivity contribution in [1.82, 2.24) is 0 Å². The highest BCUT2D eigenvalue weighted by Gasteiger charge is 2.19. The minimum absolute atomic E-state index is 0.522. The van der Waals surface area contributed by atoms with Gasteiger partial charge >= 0.3 is 0 Å². The minimum Gasteiger partial charge on any atom is -0.380 e. The zero-order valence-corrected chi connectivity index (χ0v) is 11.0. The summed E-state index contributed by atoms with van der Waals surface area (Å²) in [4.78, 5) is 0. The van der Waals surface area contributed by atoms with Gasteiger partial charge in [-0.25, -0.2) is 0 Å². The second-order valence-corrected chi connectivity index (χ2v) is 5.51. The molecule has 0 heterocycles. The Morgan fingerprint density at radius 2 is 1.62 bits per heavy atom. The van der Waals surface area contributed by atoms with Gasteiger partial charge in [-0.1, -0.05) is 36.2 Å². The van der Waals surface area contributed by atoms with Gasteiger partial charge < -0.3 is 5.32 Å². The predicted molar refractivity (Wildman–Crippen MR) is 71.5 cm³/mol. The lowest BCUT2D eigenvalue weighted by Gasteiger charge is -2.28. The Kier molecular flexibility index (Phi) is 3.99. The molecule has 16 heavy (non-hydrogen) atoms. The Balaban J connectivity index is 2.04. The van der Waals surface area contributed by atoms with Crippen LogP contribution in [0.2, 0.25) is 10.0 Å². The van der Waals surface area contributed by atoms with Crippen LogP contribution in [0.15, 0.2) is 18.2 Å². The molecular weight excluding hydrogens is 241 g/mol. The Morgan fingerprint density at radius 1 is 1.06 bits per heavy atom. The van der Waals surface area contributed by atoms with E-state index in [2.05, 4.69) is 12.2 Å². The summed E-state index contributed by atoms with van der Waals surface area (Å²) in [5.74, 6) is 0.861. The van der Waals surface area contributed by atoms with Gasteiger partial charge in [0, 0.05) is 6.04 Å². The molecule has 0 bridgehead atoms. The summed E-state index contributed by atoms with van der Waals surface area (Å²) in [5.41, 5.74) is 0.894. The second kappa shape index (κ2) is 5.29. The molecule has 3 heteroatoms. The number of anilines is 1. The van der Waals surface area contributed by atoms with Crippen LogP contribution in [-0.2, 0) is 0 Å². The molecule has 2 rings (SSSR count).